The summed E-state index contributed by atoms with van der Waals surface area (Å²) in [4.78, 5) is 11.5. The van der Waals surface area contributed by atoms with Gasteiger partial charge in [-0.05, 0) is 37.5 Å². The van der Waals surface area contributed by atoms with Crippen LogP contribution in [0.4, 0.5) is 0 Å². The maximum atomic E-state index is 11.5. The molecule has 0 aromatic rings. The van der Waals surface area contributed by atoms with Crippen molar-refractivity contribution in [1.29, 1.82) is 0 Å². The molecule has 0 aromatic heterocycles. The lowest BCUT2D eigenvalue weighted by Crippen LogP contribution is -2.50. The van der Waals surface area contributed by atoms with Gasteiger partial charge in [0.25, 0.3) is 0 Å². The molecule has 0 saturated heterocycles. The Balaban J connectivity index is 2.39. The maximum Gasteiger partial charge on any atom is 0.237 e. The van der Waals surface area contributed by atoms with Gasteiger partial charge < -0.3 is 16.2 Å². The number of nitrogens with one attached hydrogen (secondary N) is 1. The van der Waals surface area contributed by atoms with Crippen LogP contribution in [0, 0.1) is 5.41 Å². The highest BCUT2D eigenvalue weighted by Gasteiger charge is 2.36. The highest BCUT2D eigenvalue weighted by Crippen LogP contribution is 2.39. The summed E-state index contributed by atoms with van der Waals surface area (Å²) in [6, 6.07) is -0.460. The highest BCUT2D eigenvalue weighted by atomic mass is 16.3. The first kappa shape index (κ1) is 14.5. The Morgan fingerprint density at radius 1 is 1.35 bits per heavy atom. The molecule has 0 heterocycles. The third kappa shape index (κ3) is 4.28. The van der Waals surface area contributed by atoms with Gasteiger partial charge in [0, 0.05) is 6.54 Å². The van der Waals surface area contributed by atoms with E-state index < -0.39 is 11.6 Å². The number of aliphatic hydroxyl groups is 1. The van der Waals surface area contributed by atoms with Gasteiger partial charge in [-0.15, -0.1) is 0 Å². The minimum atomic E-state index is -0.737. The summed E-state index contributed by atoms with van der Waals surface area (Å²) in [6.07, 6.45) is 4.12. The van der Waals surface area contributed by atoms with Gasteiger partial charge in [-0.25, -0.2) is 0 Å². The zero-order chi connectivity index (χ0) is 13.1. The van der Waals surface area contributed by atoms with Crippen LogP contribution in [0.3, 0.4) is 0 Å². The van der Waals surface area contributed by atoms with E-state index >= 15 is 0 Å². The normalized spacial score (nSPS) is 24.1. The van der Waals surface area contributed by atoms with Crippen molar-refractivity contribution in [2.75, 3.05) is 6.54 Å². The summed E-state index contributed by atoms with van der Waals surface area (Å²) in [5.74, 6) is -0.161. The Morgan fingerprint density at radius 2 is 1.88 bits per heavy atom. The third-order valence-electron chi connectivity index (χ3n) is 3.90. The summed E-state index contributed by atoms with van der Waals surface area (Å²) in [7, 11) is 0. The number of nitrogens with two attached hydrogens (primary N) is 1. The number of hydrogen-bond donors (Lipinski definition) is 3. The third-order valence-corrected chi connectivity index (χ3v) is 3.90. The summed E-state index contributed by atoms with van der Waals surface area (Å²) in [6.45, 7) is 6.65. The van der Waals surface area contributed by atoms with Crippen molar-refractivity contribution >= 4 is 5.91 Å². The van der Waals surface area contributed by atoms with E-state index in [0.29, 0.717) is 18.4 Å². The van der Waals surface area contributed by atoms with Gasteiger partial charge in [0.05, 0.1) is 11.6 Å². The maximum absolute atomic E-state index is 11.5. The molecular weight excluding hydrogens is 216 g/mol. The summed E-state index contributed by atoms with van der Waals surface area (Å²) in [5, 5.41) is 13.1. The molecule has 1 rings (SSSR count). The lowest BCUT2D eigenvalue weighted by atomic mass is 9.71. The second-order valence-corrected chi connectivity index (χ2v) is 6.12. The first-order valence-corrected chi connectivity index (χ1v) is 6.54. The molecule has 0 spiro atoms. The van der Waals surface area contributed by atoms with Gasteiger partial charge >= 0.3 is 0 Å². The minimum absolute atomic E-state index is 0.161. The number of carbonyl (C=O) groups is 1. The van der Waals surface area contributed by atoms with Crippen LogP contribution < -0.4 is 11.1 Å². The molecule has 1 aliphatic rings. The summed E-state index contributed by atoms with van der Waals surface area (Å²) >= 11 is 0. The number of hydrogen-bond acceptors (Lipinski definition) is 3. The van der Waals surface area contributed by atoms with E-state index in [4.69, 9.17) is 5.73 Å². The van der Waals surface area contributed by atoms with Gasteiger partial charge in [0.1, 0.15) is 0 Å². The number of rotatable bonds is 4. The molecular formula is C13H26N2O2. The van der Waals surface area contributed by atoms with Crippen LogP contribution in [0.25, 0.3) is 0 Å². The molecule has 0 aliphatic heterocycles. The molecule has 1 atom stereocenters. The highest BCUT2D eigenvalue weighted by molar-refractivity contribution is 5.81. The fourth-order valence-corrected chi connectivity index (χ4v) is 2.14. The van der Waals surface area contributed by atoms with Crippen LogP contribution in [0.15, 0.2) is 0 Å². The molecule has 1 unspecified atom stereocenters. The van der Waals surface area contributed by atoms with Crippen LogP contribution >= 0.6 is 0 Å². The van der Waals surface area contributed by atoms with E-state index in [0.717, 1.165) is 25.7 Å². The van der Waals surface area contributed by atoms with Crippen molar-refractivity contribution in [1.82, 2.24) is 5.32 Å². The molecule has 100 valence electrons. The Labute approximate surface area is 104 Å². The van der Waals surface area contributed by atoms with Gasteiger partial charge in [0.2, 0.25) is 5.91 Å². The van der Waals surface area contributed by atoms with Crippen molar-refractivity contribution in [2.24, 2.45) is 11.1 Å². The molecule has 0 bridgehead atoms. The van der Waals surface area contributed by atoms with Crippen LogP contribution in [0.5, 0.6) is 0 Å². The molecule has 1 fully saturated rings. The van der Waals surface area contributed by atoms with Gasteiger partial charge in [-0.1, -0.05) is 20.8 Å². The van der Waals surface area contributed by atoms with Crippen molar-refractivity contribution in [3.05, 3.63) is 0 Å². The predicted octanol–water partition coefficient (Wildman–Crippen LogP) is 1.17. The van der Waals surface area contributed by atoms with Crippen molar-refractivity contribution in [3.63, 3.8) is 0 Å². The summed E-state index contributed by atoms with van der Waals surface area (Å²) < 4.78 is 0. The smallest absolute Gasteiger partial charge is 0.237 e. The average Bonchev–Trinajstić information content (AvgIpc) is 2.30. The van der Waals surface area contributed by atoms with E-state index in [2.05, 4.69) is 19.2 Å². The SMILES string of the molecule is CCC(N)C(=O)NCC1(O)CCC(C)(C)CC1. The Morgan fingerprint density at radius 3 is 2.35 bits per heavy atom. The number of carbonyl (C=O) groups excluding carboxylic acids is 1. The minimum Gasteiger partial charge on any atom is -0.388 e. The van der Waals surface area contributed by atoms with Crippen molar-refractivity contribution in [2.45, 2.75) is 64.5 Å². The molecule has 4 heteroatoms. The largest absolute Gasteiger partial charge is 0.388 e. The van der Waals surface area contributed by atoms with E-state index in [1.54, 1.807) is 0 Å². The molecule has 0 aromatic carbocycles. The lowest BCUT2D eigenvalue weighted by Gasteiger charge is -2.40. The fraction of sp³-hybridized carbons (Fsp3) is 0.923. The molecule has 1 amide bonds. The average molecular weight is 242 g/mol. The van der Waals surface area contributed by atoms with Gasteiger partial charge in [0.15, 0.2) is 0 Å². The van der Waals surface area contributed by atoms with Crippen LogP contribution in [-0.4, -0.2) is 29.2 Å². The van der Waals surface area contributed by atoms with Crippen LogP contribution in [0.1, 0.15) is 52.9 Å². The van der Waals surface area contributed by atoms with E-state index in [1.165, 1.54) is 0 Å². The quantitative estimate of drug-likeness (QED) is 0.692. The molecule has 1 aliphatic carbocycles. The van der Waals surface area contributed by atoms with Crippen LogP contribution in [0.2, 0.25) is 0 Å². The predicted molar refractivity (Wildman–Crippen MR) is 68.5 cm³/mol. The monoisotopic (exact) mass is 242 g/mol. The molecule has 4 nitrogen and oxygen atoms in total. The zero-order valence-electron chi connectivity index (χ0n) is 11.3. The molecule has 4 N–H and O–H groups in total. The van der Waals surface area contributed by atoms with Crippen molar-refractivity contribution < 1.29 is 9.90 Å². The lowest BCUT2D eigenvalue weighted by molar-refractivity contribution is -0.124. The zero-order valence-corrected chi connectivity index (χ0v) is 11.3. The van der Waals surface area contributed by atoms with Crippen LogP contribution in [-0.2, 0) is 4.79 Å². The van der Waals surface area contributed by atoms with E-state index in [-0.39, 0.29) is 5.91 Å². The second-order valence-electron chi connectivity index (χ2n) is 6.12. The molecule has 0 radical (unpaired) electrons. The summed E-state index contributed by atoms with van der Waals surface area (Å²) in [5.41, 5.74) is 5.20. The first-order valence-electron chi connectivity index (χ1n) is 6.54. The van der Waals surface area contributed by atoms with Crippen molar-refractivity contribution in [3.8, 4) is 0 Å². The fourth-order valence-electron chi connectivity index (χ4n) is 2.14. The first-order chi connectivity index (χ1) is 7.78. The Bertz CT molecular complexity index is 267. The van der Waals surface area contributed by atoms with E-state index in [1.807, 2.05) is 6.92 Å². The molecule has 1 saturated carbocycles. The standard InChI is InChI=1S/C13H26N2O2/c1-4-10(14)11(16)15-9-13(17)7-5-12(2,3)6-8-13/h10,17H,4-9,14H2,1-3H3,(H,15,16). The Kier molecular flexibility index (Phi) is 4.55. The number of amides is 1. The Hall–Kier alpha value is -0.610. The molecule has 17 heavy (non-hydrogen) atoms. The topological polar surface area (TPSA) is 75.4 Å². The van der Waals surface area contributed by atoms with Gasteiger partial charge in [-0.3, -0.25) is 4.79 Å². The van der Waals surface area contributed by atoms with Gasteiger partial charge in [-0.2, -0.15) is 0 Å². The second kappa shape index (κ2) is 5.36. The van der Waals surface area contributed by atoms with E-state index in [9.17, 15) is 9.90 Å².